The van der Waals surface area contributed by atoms with Crippen LogP contribution in [0.15, 0.2) is 60.8 Å². The number of unbranched alkanes of at least 4 members (excludes halogenated alkanes) is 26. The van der Waals surface area contributed by atoms with Gasteiger partial charge in [0.1, 0.15) is 13.2 Å². The molecule has 6 nitrogen and oxygen atoms in total. The van der Waals surface area contributed by atoms with E-state index in [0.29, 0.717) is 19.3 Å². The van der Waals surface area contributed by atoms with Crippen LogP contribution in [0.2, 0.25) is 0 Å². The average molecular weight is 867 g/mol. The number of carbonyl (C=O) groups excluding carboxylic acids is 3. The Balaban J connectivity index is 4.13. The van der Waals surface area contributed by atoms with Crippen molar-refractivity contribution >= 4 is 17.9 Å². The van der Waals surface area contributed by atoms with Crippen LogP contribution in [0.1, 0.15) is 258 Å². The minimum atomic E-state index is -0.773. The summed E-state index contributed by atoms with van der Waals surface area (Å²) >= 11 is 0. The molecule has 0 aromatic heterocycles. The third-order valence-electron chi connectivity index (χ3n) is 11.3. The molecule has 1 unspecified atom stereocenters. The minimum Gasteiger partial charge on any atom is -0.462 e. The summed E-state index contributed by atoms with van der Waals surface area (Å²) in [4.78, 5) is 37.8. The molecule has 0 aromatic rings. The number of rotatable bonds is 47. The van der Waals surface area contributed by atoms with Gasteiger partial charge in [0.2, 0.25) is 0 Å². The molecule has 0 radical (unpaired) electrons. The minimum absolute atomic E-state index is 0.0764. The fourth-order valence-corrected chi connectivity index (χ4v) is 7.31. The van der Waals surface area contributed by atoms with Gasteiger partial charge in [0.15, 0.2) is 6.10 Å². The molecule has 0 aliphatic heterocycles. The van der Waals surface area contributed by atoms with Gasteiger partial charge in [-0.3, -0.25) is 14.4 Å². The number of esters is 3. The second-order valence-electron chi connectivity index (χ2n) is 17.4. The van der Waals surface area contributed by atoms with Crippen LogP contribution in [0, 0.1) is 0 Å². The van der Waals surface area contributed by atoms with Crippen molar-refractivity contribution in [2.75, 3.05) is 13.2 Å². The Morgan fingerprint density at radius 3 is 1.03 bits per heavy atom. The van der Waals surface area contributed by atoms with Gasteiger partial charge >= 0.3 is 17.9 Å². The lowest BCUT2D eigenvalue weighted by atomic mass is 10.0. The predicted octanol–water partition coefficient (Wildman–Crippen LogP) is 17.3. The van der Waals surface area contributed by atoms with Crippen molar-refractivity contribution in [1.29, 1.82) is 0 Å². The molecule has 0 rings (SSSR count). The lowest BCUT2D eigenvalue weighted by Crippen LogP contribution is -2.30. The first-order valence-corrected chi connectivity index (χ1v) is 26.3. The molecule has 0 bridgehead atoms. The molecule has 0 saturated heterocycles. The van der Waals surface area contributed by atoms with Gasteiger partial charge in [-0.2, -0.15) is 0 Å². The molecular weight excluding hydrogens is 769 g/mol. The molecule has 0 amide bonds. The first kappa shape index (κ1) is 59.1. The van der Waals surface area contributed by atoms with Gasteiger partial charge in [0.05, 0.1) is 0 Å². The molecule has 62 heavy (non-hydrogen) atoms. The van der Waals surface area contributed by atoms with Gasteiger partial charge in [-0.15, -0.1) is 0 Å². The summed E-state index contributed by atoms with van der Waals surface area (Å²) in [5, 5.41) is 0. The zero-order valence-electron chi connectivity index (χ0n) is 40.9. The van der Waals surface area contributed by atoms with Crippen molar-refractivity contribution in [3.05, 3.63) is 60.8 Å². The van der Waals surface area contributed by atoms with Crippen LogP contribution in [0.3, 0.4) is 0 Å². The van der Waals surface area contributed by atoms with E-state index < -0.39 is 6.10 Å². The van der Waals surface area contributed by atoms with E-state index in [1.165, 1.54) is 122 Å². The second-order valence-corrected chi connectivity index (χ2v) is 17.4. The molecule has 358 valence electrons. The van der Waals surface area contributed by atoms with E-state index in [1.807, 2.05) is 0 Å². The van der Waals surface area contributed by atoms with Gasteiger partial charge in [0, 0.05) is 19.3 Å². The van der Waals surface area contributed by atoms with E-state index in [-0.39, 0.29) is 31.1 Å². The van der Waals surface area contributed by atoms with Crippen LogP contribution >= 0.6 is 0 Å². The third-order valence-corrected chi connectivity index (χ3v) is 11.3. The van der Waals surface area contributed by atoms with Crippen molar-refractivity contribution < 1.29 is 28.6 Å². The van der Waals surface area contributed by atoms with Crippen LogP contribution in [-0.4, -0.2) is 37.2 Å². The maximum absolute atomic E-state index is 12.7. The van der Waals surface area contributed by atoms with E-state index in [4.69, 9.17) is 14.2 Å². The van der Waals surface area contributed by atoms with E-state index in [9.17, 15) is 14.4 Å². The lowest BCUT2D eigenvalue weighted by Gasteiger charge is -2.18. The van der Waals surface area contributed by atoms with Gasteiger partial charge in [0.25, 0.3) is 0 Å². The molecule has 0 spiro atoms. The van der Waals surface area contributed by atoms with Crippen molar-refractivity contribution in [2.24, 2.45) is 0 Å². The van der Waals surface area contributed by atoms with Crippen LogP contribution in [0.25, 0.3) is 0 Å². The Bertz CT molecular complexity index is 1130. The molecular formula is C56H98O6. The summed E-state index contributed by atoms with van der Waals surface area (Å²) < 4.78 is 16.7. The van der Waals surface area contributed by atoms with Crippen LogP contribution in [0.5, 0.6) is 0 Å². The largest absolute Gasteiger partial charge is 0.462 e. The fourth-order valence-electron chi connectivity index (χ4n) is 7.31. The van der Waals surface area contributed by atoms with Crippen LogP contribution in [0.4, 0.5) is 0 Å². The highest BCUT2D eigenvalue weighted by Gasteiger charge is 2.19. The Morgan fingerprint density at radius 1 is 0.339 bits per heavy atom. The molecule has 0 aromatic carbocycles. The Hall–Kier alpha value is -2.89. The molecule has 0 aliphatic rings. The van der Waals surface area contributed by atoms with Gasteiger partial charge in [-0.25, -0.2) is 0 Å². The number of hydrogen-bond donors (Lipinski definition) is 0. The summed E-state index contributed by atoms with van der Waals surface area (Å²) in [6.07, 6.45) is 62.3. The number of allylic oxidation sites excluding steroid dienone is 10. The maximum Gasteiger partial charge on any atom is 0.306 e. The first-order valence-electron chi connectivity index (χ1n) is 26.3. The first-order chi connectivity index (χ1) is 30.5. The lowest BCUT2D eigenvalue weighted by molar-refractivity contribution is -0.167. The van der Waals surface area contributed by atoms with E-state index in [2.05, 4.69) is 81.5 Å². The van der Waals surface area contributed by atoms with Gasteiger partial charge in [-0.05, 0) is 83.5 Å². The van der Waals surface area contributed by atoms with Gasteiger partial charge in [-0.1, -0.05) is 216 Å². The number of carbonyl (C=O) groups is 3. The summed E-state index contributed by atoms with van der Waals surface area (Å²) in [5.41, 5.74) is 0. The Labute approximate surface area is 383 Å². The quantitative estimate of drug-likeness (QED) is 0.0262. The Morgan fingerprint density at radius 2 is 0.629 bits per heavy atom. The zero-order chi connectivity index (χ0) is 45.1. The van der Waals surface area contributed by atoms with Crippen molar-refractivity contribution in [3.8, 4) is 0 Å². The van der Waals surface area contributed by atoms with Gasteiger partial charge < -0.3 is 14.2 Å². The number of ether oxygens (including phenoxy) is 3. The normalized spacial score (nSPS) is 12.5. The standard InChI is InChI=1S/C56H98O6/c1-4-7-10-13-16-18-20-22-23-24-25-26-27-28-29-30-31-32-33-34-36-37-40-43-46-49-55(58)61-52-53(51-60-54(57)48-45-42-39-15-12-9-6-3)62-56(59)50-47-44-41-38-35-21-19-17-14-11-8-5-2/h7,10,16-19,22-23,25-26,53H,4-6,8-9,11-15,20-21,24,27-52H2,1-3H3/b10-7-,18-16-,19-17-,23-22-,26-25-. The molecule has 0 saturated carbocycles. The third kappa shape index (κ3) is 48.1. The molecule has 0 N–H and O–H groups in total. The summed E-state index contributed by atoms with van der Waals surface area (Å²) in [5.74, 6) is -0.890. The maximum atomic E-state index is 12.7. The molecule has 0 heterocycles. The summed E-state index contributed by atoms with van der Waals surface area (Å²) in [7, 11) is 0. The topological polar surface area (TPSA) is 78.9 Å². The molecule has 6 heteroatoms. The molecule has 1 atom stereocenters. The SMILES string of the molecule is CC/C=C\C/C=C\C/C=C\C/C=C\CCCCCCCCCCCCCCC(=O)OCC(COC(=O)CCCCCCCCC)OC(=O)CCCCCCC/C=C\CCCCC. The molecule has 0 fully saturated rings. The summed E-state index contributed by atoms with van der Waals surface area (Å²) in [6, 6.07) is 0. The van der Waals surface area contributed by atoms with E-state index in [1.54, 1.807) is 0 Å². The van der Waals surface area contributed by atoms with Crippen molar-refractivity contribution in [2.45, 2.75) is 264 Å². The fraction of sp³-hybridized carbons (Fsp3) is 0.768. The molecule has 0 aliphatic carbocycles. The van der Waals surface area contributed by atoms with Crippen LogP contribution in [-0.2, 0) is 28.6 Å². The monoisotopic (exact) mass is 867 g/mol. The van der Waals surface area contributed by atoms with Crippen molar-refractivity contribution in [1.82, 2.24) is 0 Å². The van der Waals surface area contributed by atoms with E-state index in [0.717, 1.165) is 96.3 Å². The highest BCUT2D eigenvalue weighted by atomic mass is 16.6. The van der Waals surface area contributed by atoms with Crippen LogP contribution < -0.4 is 0 Å². The highest BCUT2D eigenvalue weighted by molar-refractivity contribution is 5.71. The highest BCUT2D eigenvalue weighted by Crippen LogP contribution is 2.15. The second kappa shape index (κ2) is 50.8. The van der Waals surface area contributed by atoms with E-state index >= 15 is 0 Å². The predicted molar refractivity (Wildman–Crippen MR) is 265 cm³/mol. The smallest absolute Gasteiger partial charge is 0.306 e. The average Bonchev–Trinajstić information content (AvgIpc) is 3.27. The Kier molecular flexibility index (Phi) is 48.4. The zero-order valence-corrected chi connectivity index (χ0v) is 40.9. The summed E-state index contributed by atoms with van der Waals surface area (Å²) in [6.45, 7) is 6.46. The number of hydrogen-bond acceptors (Lipinski definition) is 6. The van der Waals surface area contributed by atoms with Crippen molar-refractivity contribution in [3.63, 3.8) is 0 Å².